The van der Waals surface area contributed by atoms with E-state index in [1.807, 2.05) is 41.4 Å². The predicted octanol–water partition coefficient (Wildman–Crippen LogP) is 2.73. The monoisotopic (exact) mass is 449 g/mol. The van der Waals surface area contributed by atoms with Gasteiger partial charge < -0.3 is 20.3 Å². The highest BCUT2D eigenvalue weighted by molar-refractivity contribution is 5.90. The van der Waals surface area contributed by atoms with Crippen LogP contribution in [0.4, 0.5) is 10.5 Å². The molecule has 5 rings (SSSR count). The number of amides is 3. The van der Waals surface area contributed by atoms with Gasteiger partial charge in [0.1, 0.15) is 5.75 Å². The van der Waals surface area contributed by atoms with E-state index in [2.05, 4.69) is 26.6 Å². The van der Waals surface area contributed by atoms with Gasteiger partial charge in [0.2, 0.25) is 5.91 Å². The zero-order valence-corrected chi connectivity index (χ0v) is 19.0. The minimum Gasteiger partial charge on any atom is -0.497 e. The summed E-state index contributed by atoms with van der Waals surface area (Å²) >= 11 is 0. The first-order valence-corrected chi connectivity index (χ1v) is 11.6. The number of ether oxygens (including phenoxy) is 1. The molecule has 1 aromatic carbocycles. The summed E-state index contributed by atoms with van der Waals surface area (Å²) in [5.74, 6) is 0.893. The molecule has 0 aliphatic carbocycles. The molecule has 3 aliphatic rings. The Labute approximate surface area is 194 Å². The number of pyridine rings is 1. The van der Waals surface area contributed by atoms with E-state index in [-0.39, 0.29) is 22.8 Å². The number of hydrogen-bond donors (Lipinski definition) is 2. The first-order chi connectivity index (χ1) is 16.0. The van der Waals surface area contributed by atoms with E-state index in [0.717, 1.165) is 51.1 Å². The van der Waals surface area contributed by atoms with Crippen LogP contribution in [0, 0.1) is 10.8 Å². The topological polar surface area (TPSA) is 86.8 Å². The molecule has 1 atom stereocenters. The van der Waals surface area contributed by atoms with Gasteiger partial charge in [-0.1, -0.05) is 12.1 Å². The van der Waals surface area contributed by atoms with Gasteiger partial charge in [0.05, 0.1) is 12.5 Å². The van der Waals surface area contributed by atoms with Crippen molar-refractivity contribution in [3.05, 3.63) is 54.4 Å². The van der Waals surface area contributed by atoms with Crippen molar-refractivity contribution in [1.82, 2.24) is 20.1 Å². The van der Waals surface area contributed by atoms with Gasteiger partial charge in [0.15, 0.2) is 0 Å². The highest BCUT2D eigenvalue weighted by Gasteiger charge is 2.63. The van der Waals surface area contributed by atoms with Gasteiger partial charge in [-0.2, -0.15) is 0 Å². The SMILES string of the molecule is COc1cccc(NC(=O)N2CCC3(CC2)CN(Cc2cccnc2)C[C@@]32CCNC2=O)c1. The lowest BCUT2D eigenvalue weighted by Gasteiger charge is -2.46. The Balaban J connectivity index is 1.29. The molecule has 8 heteroatoms. The van der Waals surface area contributed by atoms with E-state index >= 15 is 0 Å². The normalized spacial score (nSPS) is 24.3. The van der Waals surface area contributed by atoms with Gasteiger partial charge in [-0.25, -0.2) is 4.79 Å². The van der Waals surface area contributed by atoms with Gasteiger partial charge >= 0.3 is 6.03 Å². The summed E-state index contributed by atoms with van der Waals surface area (Å²) in [6, 6.07) is 11.3. The fraction of sp³-hybridized carbons (Fsp3) is 0.480. The van der Waals surface area contributed by atoms with Gasteiger partial charge in [0, 0.05) is 68.8 Å². The fourth-order valence-corrected chi connectivity index (χ4v) is 6.05. The molecule has 3 saturated heterocycles. The first-order valence-electron chi connectivity index (χ1n) is 11.6. The average Bonchev–Trinajstić information content (AvgIpc) is 3.35. The maximum absolute atomic E-state index is 13.1. The molecule has 8 nitrogen and oxygen atoms in total. The quantitative estimate of drug-likeness (QED) is 0.750. The second kappa shape index (κ2) is 8.67. The van der Waals surface area contributed by atoms with E-state index in [1.54, 1.807) is 13.3 Å². The van der Waals surface area contributed by atoms with Crippen LogP contribution in [-0.2, 0) is 11.3 Å². The van der Waals surface area contributed by atoms with Crippen molar-refractivity contribution in [2.45, 2.75) is 25.8 Å². The second-order valence-corrected chi connectivity index (χ2v) is 9.52. The number of nitrogens with zero attached hydrogens (tertiary/aromatic N) is 3. The third kappa shape index (κ3) is 3.93. The van der Waals surface area contributed by atoms with Crippen LogP contribution < -0.4 is 15.4 Å². The third-order valence-corrected chi connectivity index (χ3v) is 7.76. The number of likely N-dealkylation sites (tertiary alicyclic amines) is 2. The van der Waals surface area contributed by atoms with Gasteiger partial charge in [-0.3, -0.25) is 14.7 Å². The van der Waals surface area contributed by atoms with Gasteiger partial charge in [0.25, 0.3) is 0 Å². The number of benzene rings is 1. The summed E-state index contributed by atoms with van der Waals surface area (Å²) in [4.78, 5) is 34.6. The van der Waals surface area contributed by atoms with Crippen LogP contribution in [0.5, 0.6) is 5.75 Å². The Morgan fingerprint density at radius 3 is 2.73 bits per heavy atom. The lowest BCUT2D eigenvalue weighted by atomic mass is 9.60. The van der Waals surface area contributed by atoms with E-state index in [9.17, 15) is 9.59 Å². The van der Waals surface area contributed by atoms with Crippen LogP contribution >= 0.6 is 0 Å². The fourth-order valence-electron chi connectivity index (χ4n) is 6.05. The van der Waals surface area contributed by atoms with E-state index in [4.69, 9.17) is 4.74 Å². The minimum absolute atomic E-state index is 0.103. The average molecular weight is 450 g/mol. The molecule has 0 radical (unpaired) electrons. The molecule has 0 unspecified atom stereocenters. The molecule has 3 fully saturated rings. The standard InChI is InChI=1S/C25H31N5O3/c1-33-21-6-2-5-20(14-21)28-23(32)30-12-8-24(9-13-30)17-29(16-19-4-3-10-26-15-19)18-25(24)7-11-27-22(25)31/h2-6,10,14-15H,7-9,11-13,16-18H2,1H3,(H,27,31)(H,28,32)/t25-/m1/s1. The number of anilines is 1. The van der Waals surface area contributed by atoms with Gasteiger partial charge in [-0.15, -0.1) is 0 Å². The van der Waals surface area contributed by atoms with Crippen molar-refractivity contribution in [3.8, 4) is 5.75 Å². The van der Waals surface area contributed by atoms with Crippen LogP contribution in [0.15, 0.2) is 48.8 Å². The maximum atomic E-state index is 13.1. The summed E-state index contributed by atoms with van der Waals surface area (Å²) < 4.78 is 5.25. The van der Waals surface area contributed by atoms with Crippen molar-refractivity contribution >= 4 is 17.6 Å². The first kappa shape index (κ1) is 21.7. The lowest BCUT2D eigenvalue weighted by Crippen LogP contribution is -2.53. The lowest BCUT2D eigenvalue weighted by molar-refractivity contribution is -0.133. The summed E-state index contributed by atoms with van der Waals surface area (Å²) in [6.45, 7) is 4.47. The molecule has 2 aromatic rings. The largest absolute Gasteiger partial charge is 0.497 e. The number of piperidine rings is 1. The molecule has 2 spiro atoms. The number of fused-ring (bicyclic) bond motifs is 1. The van der Waals surface area contributed by atoms with Crippen LogP contribution in [0.25, 0.3) is 0 Å². The number of hydrogen-bond acceptors (Lipinski definition) is 5. The van der Waals surface area contributed by atoms with Crippen molar-refractivity contribution < 1.29 is 14.3 Å². The van der Waals surface area contributed by atoms with Crippen LogP contribution in [-0.4, -0.2) is 66.6 Å². The Hall–Kier alpha value is -3.13. The molecular formula is C25H31N5O3. The molecule has 174 valence electrons. The molecule has 4 heterocycles. The molecule has 33 heavy (non-hydrogen) atoms. The predicted molar refractivity (Wildman–Crippen MR) is 125 cm³/mol. The van der Waals surface area contributed by atoms with Crippen molar-refractivity contribution in [3.63, 3.8) is 0 Å². The molecule has 3 amide bonds. The van der Waals surface area contributed by atoms with Crippen molar-refractivity contribution in [1.29, 1.82) is 0 Å². The Bertz CT molecular complexity index is 1020. The van der Waals surface area contributed by atoms with Crippen LogP contribution in [0.2, 0.25) is 0 Å². The van der Waals surface area contributed by atoms with E-state index in [0.29, 0.717) is 18.8 Å². The summed E-state index contributed by atoms with van der Waals surface area (Å²) in [5.41, 5.74) is 1.40. The number of carbonyl (C=O) groups is 2. The molecular weight excluding hydrogens is 418 g/mol. The maximum Gasteiger partial charge on any atom is 0.321 e. The summed E-state index contributed by atoms with van der Waals surface area (Å²) in [5, 5.41) is 6.09. The molecule has 3 aliphatic heterocycles. The number of urea groups is 1. The minimum atomic E-state index is -0.370. The smallest absolute Gasteiger partial charge is 0.321 e. The number of methoxy groups -OCH3 is 1. The zero-order chi connectivity index (χ0) is 22.9. The number of aromatic nitrogens is 1. The highest BCUT2D eigenvalue weighted by atomic mass is 16.5. The summed E-state index contributed by atoms with van der Waals surface area (Å²) in [7, 11) is 1.61. The summed E-state index contributed by atoms with van der Waals surface area (Å²) in [6.07, 6.45) is 6.21. The van der Waals surface area contributed by atoms with Crippen molar-refractivity contribution in [2.75, 3.05) is 45.2 Å². The Kier molecular flexibility index (Phi) is 5.70. The third-order valence-electron chi connectivity index (χ3n) is 7.76. The van der Waals surface area contributed by atoms with Crippen LogP contribution in [0.1, 0.15) is 24.8 Å². The Morgan fingerprint density at radius 2 is 2.03 bits per heavy atom. The molecule has 2 N–H and O–H groups in total. The zero-order valence-electron chi connectivity index (χ0n) is 19.0. The molecule has 0 saturated carbocycles. The number of nitrogens with one attached hydrogen (secondary N) is 2. The Morgan fingerprint density at radius 1 is 1.18 bits per heavy atom. The van der Waals surface area contributed by atoms with E-state index < -0.39 is 0 Å². The number of carbonyl (C=O) groups excluding carboxylic acids is 2. The molecule has 0 bridgehead atoms. The van der Waals surface area contributed by atoms with E-state index in [1.165, 1.54) is 5.56 Å². The van der Waals surface area contributed by atoms with Crippen LogP contribution in [0.3, 0.4) is 0 Å². The molecule has 1 aromatic heterocycles. The van der Waals surface area contributed by atoms with Crippen molar-refractivity contribution in [2.24, 2.45) is 10.8 Å². The van der Waals surface area contributed by atoms with Gasteiger partial charge in [-0.05, 0) is 43.0 Å². The second-order valence-electron chi connectivity index (χ2n) is 9.52. The number of rotatable bonds is 4. The highest BCUT2D eigenvalue weighted by Crippen LogP contribution is 2.56.